The molecule has 2 rings (SSSR count). The Kier molecular flexibility index (Phi) is 2.59. The average Bonchev–Trinajstić information content (AvgIpc) is 2.46. The number of hydrogen-bond acceptors (Lipinski definition) is 2. The fraction of sp³-hybridized carbons (Fsp3) is 0.727. The quantitative estimate of drug-likeness (QED) is 0.578. The highest BCUT2D eigenvalue weighted by atomic mass is 16.2. The van der Waals surface area contributed by atoms with Crippen molar-refractivity contribution in [3.05, 3.63) is 11.6 Å². The molecule has 0 radical (unpaired) electrons. The van der Waals surface area contributed by atoms with Crippen molar-refractivity contribution in [1.82, 2.24) is 9.80 Å². The van der Waals surface area contributed by atoms with E-state index in [-0.39, 0.29) is 5.91 Å². The van der Waals surface area contributed by atoms with Crippen LogP contribution in [0.1, 0.15) is 20.3 Å². The lowest BCUT2D eigenvalue weighted by Crippen LogP contribution is -2.49. The summed E-state index contributed by atoms with van der Waals surface area (Å²) >= 11 is 0. The van der Waals surface area contributed by atoms with E-state index in [9.17, 15) is 4.79 Å². The Labute approximate surface area is 85.4 Å². The van der Waals surface area contributed by atoms with Gasteiger partial charge in [-0.25, -0.2) is 0 Å². The highest BCUT2D eigenvalue weighted by Crippen LogP contribution is 2.20. The fourth-order valence-electron chi connectivity index (χ4n) is 2.32. The Morgan fingerprint density at radius 1 is 1.29 bits per heavy atom. The summed E-state index contributed by atoms with van der Waals surface area (Å²) in [6.45, 7) is 8.17. The number of carbonyl (C=O) groups is 1. The Hall–Kier alpha value is -0.830. The molecule has 0 N–H and O–H groups in total. The molecule has 78 valence electrons. The third kappa shape index (κ3) is 1.82. The highest BCUT2D eigenvalue weighted by molar-refractivity contribution is 5.88. The summed E-state index contributed by atoms with van der Waals surface area (Å²) in [6.07, 6.45) is 2.91. The van der Waals surface area contributed by atoms with Crippen molar-refractivity contribution in [3.63, 3.8) is 0 Å². The van der Waals surface area contributed by atoms with E-state index in [0.717, 1.165) is 31.6 Å². The molecule has 0 aromatic carbocycles. The maximum absolute atomic E-state index is 11.8. The summed E-state index contributed by atoms with van der Waals surface area (Å²) in [5.74, 6) is 0.205. The van der Waals surface area contributed by atoms with Gasteiger partial charge in [-0.05, 0) is 20.3 Å². The smallest absolute Gasteiger partial charge is 0.246 e. The topological polar surface area (TPSA) is 23.6 Å². The Morgan fingerprint density at radius 3 is 2.79 bits per heavy atom. The van der Waals surface area contributed by atoms with Gasteiger partial charge < -0.3 is 4.90 Å². The van der Waals surface area contributed by atoms with E-state index in [1.165, 1.54) is 6.54 Å². The number of amides is 1. The van der Waals surface area contributed by atoms with E-state index in [0.29, 0.717) is 6.04 Å². The lowest BCUT2D eigenvalue weighted by Gasteiger charge is -2.33. The van der Waals surface area contributed by atoms with E-state index in [1.807, 2.05) is 18.7 Å². The molecule has 2 saturated heterocycles. The first-order valence-electron chi connectivity index (χ1n) is 5.34. The van der Waals surface area contributed by atoms with Crippen LogP contribution in [0.25, 0.3) is 0 Å². The first-order chi connectivity index (χ1) is 6.66. The molecule has 2 aliphatic heterocycles. The van der Waals surface area contributed by atoms with Crippen LogP contribution in [0, 0.1) is 0 Å². The molecule has 2 atom stereocenters. The summed E-state index contributed by atoms with van der Waals surface area (Å²) in [5, 5.41) is 0. The number of piperazine rings is 1. The molecule has 0 aromatic heterocycles. The van der Waals surface area contributed by atoms with Gasteiger partial charge in [-0.1, -0.05) is 5.57 Å². The van der Waals surface area contributed by atoms with Crippen molar-refractivity contribution < 1.29 is 4.79 Å². The van der Waals surface area contributed by atoms with Crippen LogP contribution in [-0.2, 0) is 4.79 Å². The Balaban J connectivity index is 2.04. The molecule has 0 saturated carbocycles. The molecule has 2 fully saturated rings. The number of nitrogens with zero attached hydrogens (tertiary/aromatic N) is 2. The minimum atomic E-state index is 0.205. The van der Waals surface area contributed by atoms with Crippen molar-refractivity contribution >= 4 is 5.91 Å². The molecular formula is C11H18N2O. The molecule has 1 amide bonds. The van der Waals surface area contributed by atoms with Crippen LogP contribution in [0.5, 0.6) is 0 Å². The zero-order valence-electron chi connectivity index (χ0n) is 8.99. The van der Waals surface area contributed by atoms with Gasteiger partial charge >= 0.3 is 0 Å². The summed E-state index contributed by atoms with van der Waals surface area (Å²) in [5.41, 5.74) is 1.09. The molecule has 2 aliphatic rings. The molecule has 2 unspecified atom stereocenters. The summed E-state index contributed by atoms with van der Waals surface area (Å²) < 4.78 is 0. The minimum Gasteiger partial charge on any atom is -0.334 e. The molecule has 2 heterocycles. The number of hydrogen-bond donors (Lipinski definition) is 0. The van der Waals surface area contributed by atoms with Gasteiger partial charge in [0.15, 0.2) is 0 Å². The van der Waals surface area contributed by atoms with E-state index >= 15 is 0 Å². The molecule has 14 heavy (non-hydrogen) atoms. The van der Waals surface area contributed by atoms with Gasteiger partial charge in [0.05, 0.1) is 0 Å². The van der Waals surface area contributed by atoms with E-state index < -0.39 is 0 Å². The third-order valence-corrected chi connectivity index (χ3v) is 3.04. The maximum atomic E-state index is 11.8. The van der Waals surface area contributed by atoms with Crippen LogP contribution in [-0.4, -0.2) is 47.9 Å². The molecule has 0 aliphatic carbocycles. The van der Waals surface area contributed by atoms with Gasteiger partial charge in [-0.15, -0.1) is 0 Å². The molecule has 3 heteroatoms. The summed E-state index contributed by atoms with van der Waals surface area (Å²) in [7, 11) is 0. The first-order valence-corrected chi connectivity index (χ1v) is 5.34. The minimum absolute atomic E-state index is 0.205. The van der Waals surface area contributed by atoms with Crippen LogP contribution < -0.4 is 0 Å². The molecule has 3 nitrogen and oxygen atoms in total. The van der Waals surface area contributed by atoms with Gasteiger partial charge in [0.1, 0.15) is 0 Å². The van der Waals surface area contributed by atoms with Crippen molar-refractivity contribution in [3.8, 4) is 0 Å². The molecule has 0 spiro atoms. The van der Waals surface area contributed by atoms with Crippen molar-refractivity contribution in [1.29, 1.82) is 0 Å². The van der Waals surface area contributed by atoms with Crippen molar-refractivity contribution in [2.24, 2.45) is 0 Å². The zero-order valence-corrected chi connectivity index (χ0v) is 8.99. The second-order valence-corrected chi connectivity index (χ2v) is 4.50. The third-order valence-electron chi connectivity index (χ3n) is 3.04. The van der Waals surface area contributed by atoms with Gasteiger partial charge in [0.2, 0.25) is 5.91 Å². The predicted molar refractivity (Wildman–Crippen MR) is 56.0 cm³/mol. The monoisotopic (exact) mass is 194 g/mol. The van der Waals surface area contributed by atoms with Crippen molar-refractivity contribution in [2.45, 2.75) is 26.3 Å². The van der Waals surface area contributed by atoms with Gasteiger partial charge in [0, 0.05) is 38.3 Å². The lowest BCUT2D eigenvalue weighted by molar-refractivity contribution is -0.129. The normalized spacial score (nSPS) is 30.3. The van der Waals surface area contributed by atoms with Gasteiger partial charge in [-0.2, -0.15) is 0 Å². The van der Waals surface area contributed by atoms with E-state index in [4.69, 9.17) is 0 Å². The van der Waals surface area contributed by atoms with Crippen LogP contribution >= 0.6 is 0 Å². The SMILES string of the molecule is CC(C)=CC(=O)N1CCN2CCC1C2. The van der Waals surface area contributed by atoms with E-state index in [2.05, 4.69) is 4.90 Å². The first kappa shape index (κ1) is 9.71. The number of carbonyl (C=O) groups excluding carboxylic acids is 1. The summed E-state index contributed by atoms with van der Waals surface area (Å²) in [4.78, 5) is 16.3. The Bertz CT molecular complexity index is 268. The molecule has 0 aromatic rings. The number of fused-ring (bicyclic) bond motifs is 2. The zero-order chi connectivity index (χ0) is 10.1. The number of allylic oxidation sites excluding steroid dienone is 1. The van der Waals surface area contributed by atoms with Gasteiger partial charge in [-0.3, -0.25) is 9.69 Å². The second kappa shape index (κ2) is 3.73. The fourth-order valence-corrected chi connectivity index (χ4v) is 2.32. The van der Waals surface area contributed by atoms with Gasteiger partial charge in [0.25, 0.3) is 0 Å². The summed E-state index contributed by atoms with van der Waals surface area (Å²) in [6, 6.07) is 0.479. The van der Waals surface area contributed by atoms with Crippen LogP contribution in [0.15, 0.2) is 11.6 Å². The van der Waals surface area contributed by atoms with Crippen molar-refractivity contribution in [2.75, 3.05) is 26.2 Å². The highest BCUT2D eigenvalue weighted by Gasteiger charge is 2.34. The number of rotatable bonds is 1. The van der Waals surface area contributed by atoms with Crippen LogP contribution in [0.2, 0.25) is 0 Å². The van der Waals surface area contributed by atoms with Crippen LogP contribution in [0.3, 0.4) is 0 Å². The molecular weight excluding hydrogens is 176 g/mol. The molecule has 2 bridgehead atoms. The standard InChI is InChI=1S/C11H18N2O/c1-9(2)7-11(14)13-6-5-12-4-3-10(13)8-12/h7,10H,3-6,8H2,1-2H3. The van der Waals surface area contributed by atoms with E-state index in [1.54, 1.807) is 6.08 Å². The average molecular weight is 194 g/mol. The largest absolute Gasteiger partial charge is 0.334 e. The Morgan fingerprint density at radius 2 is 2.07 bits per heavy atom. The lowest BCUT2D eigenvalue weighted by atomic mass is 10.2. The predicted octanol–water partition coefficient (Wildman–Crippen LogP) is 0.869. The second-order valence-electron chi connectivity index (χ2n) is 4.50. The maximum Gasteiger partial charge on any atom is 0.246 e. The van der Waals surface area contributed by atoms with Crippen LogP contribution in [0.4, 0.5) is 0 Å².